The van der Waals surface area contributed by atoms with Crippen molar-refractivity contribution >= 4 is 17.5 Å². The van der Waals surface area contributed by atoms with Gasteiger partial charge in [-0.25, -0.2) is 9.97 Å². The Hall–Kier alpha value is -3.00. The molecule has 0 aromatic carbocycles. The van der Waals surface area contributed by atoms with Gasteiger partial charge in [0.1, 0.15) is 16.8 Å². The van der Waals surface area contributed by atoms with Crippen LogP contribution >= 0.6 is 11.6 Å². The van der Waals surface area contributed by atoms with Gasteiger partial charge >= 0.3 is 0 Å². The molecule has 6 rings (SSSR count). The third kappa shape index (κ3) is 3.76. The molecule has 1 amide bonds. The molecule has 3 unspecified atom stereocenters. The van der Waals surface area contributed by atoms with Crippen molar-refractivity contribution in [3.8, 4) is 11.6 Å². The molecular formula is C22H23ClN6O2. The molecule has 3 atom stereocenters. The van der Waals surface area contributed by atoms with Crippen LogP contribution in [0.25, 0.3) is 5.69 Å². The standard InChI is InChI=1S/C22H23ClN6O2/c1-13-9-16(23)21(24-11-13)31-19-10-15-4-6-17(19)28(12-15)22(30)20-18(5-3-14(2)27-20)29-25-7-8-26-29/h3,5,7-9,11,15,17,19H,4,6,10,12H2,1-2H3. The number of ether oxygens (including phenoxy) is 1. The topological polar surface area (TPSA) is 86.0 Å². The molecule has 2 bridgehead atoms. The first-order valence-electron chi connectivity index (χ1n) is 10.4. The van der Waals surface area contributed by atoms with Crippen LogP contribution < -0.4 is 4.74 Å². The number of aryl methyl sites for hydroxylation is 2. The lowest BCUT2D eigenvalue weighted by atomic mass is 9.77. The summed E-state index contributed by atoms with van der Waals surface area (Å²) >= 11 is 6.35. The van der Waals surface area contributed by atoms with Gasteiger partial charge in [-0.05, 0) is 62.8 Å². The van der Waals surface area contributed by atoms with E-state index in [1.807, 2.05) is 36.9 Å². The molecule has 5 heterocycles. The molecule has 3 aromatic heterocycles. The number of aromatic nitrogens is 5. The fourth-order valence-corrected chi connectivity index (χ4v) is 4.85. The van der Waals surface area contributed by atoms with Gasteiger partial charge < -0.3 is 9.64 Å². The predicted molar refractivity (Wildman–Crippen MR) is 114 cm³/mol. The first-order chi connectivity index (χ1) is 15.0. The van der Waals surface area contributed by atoms with E-state index in [4.69, 9.17) is 16.3 Å². The third-order valence-corrected chi connectivity index (χ3v) is 6.31. The van der Waals surface area contributed by atoms with Gasteiger partial charge in [0.15, 0.2) is 5.69 Å². The molecule has 0 radical (unpaired) electrons. The Balaban J connectivity index is 1.44. The van der Waals surface area contributed by atoms with Crippen LogP contribution in [0, 0.1) is 19.8 Å². The van der Waals surface area contributed by atoms with E-state index in [-0.39, 0.29) is 18.1 Å². The molecule has 160 valence electrons. The van der Waals surface area contributed by atoms with Gasteiger partial charge in [0.05, 0.1) is 18.4 Å². The number of carbonyl (C=O) groups is 1. The van der Waals surface area contributed by atoms with Crippen molar-refractivity contribution in [1.29, 1.82) is 0 Å². The van der Waals surface area contributed by atoms with E-state index in [1.54, 1.807) is 18.6 Å². The van der Waals surface area contributed by atoms with E-state index >= 15 is 0 Å². The fraction of sp³-hybridized carbons (Fsp3) is 0.409. The summed E-state index contributed by atoms with van der Waals surface area (Å²) in [6.45, 7) is 4.50. The average molecular weight is 439 g/mol. The quantitative estimate of drug-likeness (QED) is 0.620. The molecule has 3 aromatic rings. The van der Waals surface area contributed by atoms with Crippen LogP contribution in [0.5, 0.6) is 5.88 Å². The third-order valence-electron chi connectivity index (χ3n) is 6.04. The Morgan fingerprint density at radius 3 is 2.74 bits per heavy atom. The first kappa shape index (κ1) is 19.9. The van der Waals surface area contributed by atoms with Crippen molar-refractivity contribution in [2.24, 2.45) is 5.92 Å². The summed E-state index contributed by atoms with van der Waals surface area (Å²) in [7, 11) is 0. The zero-order valence-corrected chi connectivity index (χ0v) is 18.2. The number of nitrogens with zero attached hydrogens (tertiary/aromatic N) is 6. The molecule has 0 N–H and O–H groups in total. The minimum atomic E-state index is -0.153. The van der Waals surface area contributed by atoms with Crippen LogP contribution in [0.2, 0.25) is 5.02 Å². The van der Waals surface area contributed by atoms with Crippen molar-refractivity contribution in [1.82, 2.24) is 29.9 Å². The lowest BCUT2D eigenvalue weighted by Crippen LogP contribution is -2.59. The molecule has 31 heavy (non-hydrogen) atoms. The Labute approximate surface area is 185 Å². The number of amides is 1. The van der Waals surface area contributed by atoms with Gasteiger partial charge in [-0.3, -0.25) is 4.79 Å². The SMILES string of the molecule is Cc1cnc(OC2CC3CCC2N(C(=O)c2nc(C)ccc2-n2nccn2)C3)c(Cl)c1. The van der Waals surface area contributed by atoms with Crippen LogP contribution in [-0.2, 0) is 0 Å². The van der Waals surface area contributed by atoms with E-state index in [1.165, 1.54) is 4.80 Å². The highest BCUT2D eigenvalue weighted by molar-refractivity contribution is 6.31. The predicted octanol–water partition coefficient (Wildman–Crippen LogP) is 3.40. The number of carbonyl (C=O) groups excluding carboxylic acids is 1. The highest BCUT2D eigenvalue weighted by Crippen LogP contribution is 2.39. The molecule has 3 aliphatic rings. The Kier molecular flexibility index (Phi) is 5.09. The maximum Gasteiger partial charge on any atom is 0.275 e. The van der Waals surface area contributed by atoms with E-state index in [0.29, 0.717) is 34.7 Å². The number of halogens is 1. The Morgan fingerprint density at radius 2 is 2.00 bits per heavy atom. The number of piperidine rings is 2. The zero-order chi connectivity index (χ0) is 21.5. The monoisotopic (exact) mass is 438 g/mol. The van der Waals surface area contributed by atoms with Gasteiger partial charge in [-0.2, -0.15) is 10.2 Å². The highest BCUT2D eigenvalue weighted by Gasteiger charge is 2.45. The summed E-state index contributed by atoms with van der Waals surface area (Å²) in [5, 5.41) is 8.87. The number of fused-ring (bicyclic) bond motifs is 3. The molecule has 2 saturated heterocycles. The van der Waals surface area contributed by atoms with Crippen LogP contribution in [0.1, 0.15) is 41.0 Å². The maximum absolute atomic E-state index is 13.7. The molecule has 1 aliphatic carbocycles. The van der Waals surface area contributed by atoms with Crippen molar-refractivity contribution in [2.75, 3.05) is 6.54 Å². The van der Waals surface area contributed by atoms with Crippen LogP contribution in [0.4, 0.5) is 0 Å². The second kappa shape index (κ2) is 7.92. The Bertz CT molecular complexity index is 1120. The van der Waals surface area contributed by atoms with Crippen molar-refractivity contribution in [3.63, 3.8) is 0 Å². The highest BCUT2D eigenvalue weighted by atomic mass is 35.5. The zero-order valence-electron chi connectivity index (χ0n) is 17.4. The fourth-order valence-electron chi connectivity index (χ4n) is 4.59. The maximum atomic E-state index is 13.7. The van der Waals surface area contributed by atoms with Crippen molar-refractivity contribution in [3.05, 3.63) is 58.8 Å². The van der Waals surface area contributed by atoms with Crippen molar-refractivity contribution < 1.29 is 9.53 Å². The van der Waals surface area contributed by atoms with E-state index in [0.717, 1.165) is 30.5 Å². The molecule has 8 nitrogen and oxygen atoms in total. The van der Waals surface area contributed by atoms with E-state index in [2.05, 4.69) is 20.2 Å². The molecule has 2 aliphatic heterocycles. The summed E-state index contributed by atoms with van der Waals surface area (Å²) in [4.78, 5) is 25.9. The first-order valence-corrected chi connectivity index (χ1v) is 10.8. The summed E-state index contributed by atoms with van der Waals surface area (Å²) in [5.41, 5.74) is 2.67. The van der Waals surface area contributed by atoms with Gasteiger partial charge in [0.25, 0.3) is 5.91 Å². The largest absolute Gasteiger partial charge is 0.471 e. The van der Waals surface area contributed by atoms with E-state index < -0.39 is 0 Å². The van der Waals surface area contributed by atoms with Crippen molar-refractivity contribution in [2.45, 2.75) is 45.3 Å². The number of pyridine rings is 2. The lowest BCUT2D eigenvalue weighted by molar-refractivity contribution is -0.0315. The number of hydrogen-bond acceptors (Lipinski definition) is 6. The van der Waals surface area contributed by atoms with E-state index in [9.17, 15) is 4.79 Å². The second-order valence-corrected chi connectivity index (χ2v) is 8.71. The Morgan fingerprint density at radius 1 is 1.19 bits per heavy atom. The smallest absolute Gasteiger partial charge is 0.275 e. The lowest BCUT2D eigenvalue weighted by Gasteiger charge is -2.49. The van der Waals surface area contributed by atoms with Gasteiger partial charge in [-0.1, -0.05) is 11.6 Å². The molecule has 9 heteroatoms. The summed E-state index contributed by atoms with van der Waals surface area (Å²) in [6, 6.07) is 5.47. The van der Waals surface area contributed by atoms with Crippen LogP contribution in [0.3, 0.4) is 0 Å². The van der Waals surface area contributed by atoms with Crippen LogP contribution in [0.15, 0.2) is 36.8 Å². The van der Waals surface area contributed by atoms with Gasteiger partial charge in [-0.15, -0.1) is 4.80 Å². The number of hydrogen-bond donors (Lipinski definition) is 0. The number of rotatable bonds is 4. The average Bonchev–Trinajstić information content (AvgIpc) is 3.30. The van der Waals surface area contributed by atoms with Gasteiger partial charge in [0.2, 0.25) is 5.88 Å². The summed E-state index contributed by atoms with van der Waals surface area (Å²) in [5.74, 6) is 0.675. The molecule has 1 saturated carbocycles. The molecule has 3 fully saturated rings. The van der Waals surface area contributed by atoms with Gasteiger partial charge in [0, 0.05) is 18.4 Å². The summed E-state index contributed by atoms with van der Waals surface area (Å²) < 4.78 is 6.23. The minimum Gasteiger partial charge on any atom is -0.471 e. The molecule has 0 spiro atoms. The second-order valence-electron chi connectivity index (χ2n) is 8.30. The minimum absolute atomic E-state index is 0.0580. The summed E-state index contributed by atoms with van der Waals surface area (Å²) in [6.07, 6.45) is 7.60. The van der Waals surface area contributed by atoms with Crippen LogP contribution in [-0.4, -0.2) is 54.5 Å². The molecular weight excluding hydrogens is 416 g/mol. The normalized spacial score (nSPS) is 22.5.